The van der Waals surface area contributed by atoms with E-state index in [1.54, 1.807) is 35.0 Å². The fourth-order valence-corrected chi connectivity index (χ4v) is 3.17. The van der Waals surface area contributed by atoms with Gasteiger partial charge in [-0.3, -0.25) is 19.0 Å². The lowest BCUT2D eigenvalue weighted by atomic mass is 10.1. The van der Waals surface area contributed by atoms with Crippen molar-refractivity contribution in [3.05, 3.63) is 60.0 Å². The lowest BCUT2D eigenvalue weighted by molar-refractivity contribution is -0.136. The second-order valence-electron chi connectivity index (χ2n) is 6.82. The van der Waals surface area contributed by atoms with E-state index in [-0.39, 0.29) is 24.8 Å². The van der Waals surface area contributed by atoms with E-state index in [2.05, 4.69) is 20.3 Å². The monoisotopic (exact) mass is 417 g/mol. The number of nitrogens with zero attached hydrogens (tertiary/aromatic N) is 5. The number of aromatic nitrogens is 5. The molecule has 1 amide bonds. The molecule has 0 aliphatic heterocycles. The van der Waals surface area contributed by atoms with Crippen LogP contribution in [0.15, 0.2) is 48.8 Å². The van der Waals surface area contributed by atoms with Crippen LogP contribution in [0.4, 0.5) is 5.95 Å². The number of nitrogens with one attached hydrogen (secondary N) is 1. The maximum absolute atomic E-state index is 12.5. The third kappa shape index (κ3) is 4.17. The standard InChI is InChI=1S/C21H19N7O3/c1-12-3-2-4-14(25-12)18-19(15-7-9-24-21(22)26-15)28-11-13(5-6-16(28)27-18)20(31)23-10-8-17(29)30/h2-7,9,11H,8,10H2,1H3,(H,23,31)(H,29,30)(H2,22,24,26). The predicted octanol–water partition coefficient (Wildman–Crippen LogP) is 1.95. The summed E-state index contributed by atoms with van der Waals surface area (Å²) >= 11 is 0. The molecule has 0 saturated carbocycles. The van der Waals surface area contributed by atoms with E-state index in [1.165, 1.54) is 0 Å². The number of rotatable bonds is 6. The largest absolute Gasteiger partial charge is 0.481 e. The van der Waals surface area contributed by atoms with Crippen molar-refractivity contribution >= 4 is 23.5 Å². The number of carbonyl (C=O) groups is 2. The zero-order chi connectivity index (χ0) is 22.0. The Labute approximate surface area is 176 Å². The van der Waals surface area contributed by atoms with Gasteiger partial charge in [0.1, 0.15) is 17.0 Å². The average molecular weight is 417 g/mol. The van der Waals surface area contributed by atoms with E-state index in [9.17, 15) is 9.59 Å². The van der Waals surface area contributed by atoms with Gasteiger partial charge < -0.3 is 16.2 Å². The molecule has 0 saturated heterocycles. The number of aliphatic carboxylic acids is 1. The number of pyridine rings is 2. The number of amides is 1. The molecule has 0 bridgehead atoms. The molecular formula is C21H19N7O3. The maximum Gasteiger partial charge on any atom is 0.305 e. The SMILES string of the molecule is Cc1cccc(-c2nc3ccc(C(=O)NCCC(=O)O)cn3c2-c2ccnc(N)n2)n1. The third-order valence-corrected chi connectivity index (χ3v) is 4.55. The Morgan fingerprint density at radius 3 is 2.68 bits per heavy atom. The molecule has 31 heavy (non-hydrogen) atoms. The van der Waals surface area contributed by atoms with Crippen molar-refractivity contribution in [2.45, 2.75) is 13.3 Å². The van der Waals surface area contributed by atoms with Gasteiger partial charge in [0.25, 0.3) is 5.91 Å². The summed E-state index contributed by atoms with van der Waals surface area (Å²) < 4.78 is 1.74. The Morgan fingerprint density at radius 2 is 1.94 bits per heavy atom. The number of carboxylic acids is 1. The van der Waals surface area contributed by atoms with Gasteiger partial charge in [-0.2, -0.15) is 0 Å². The van der Waals surface area contributed by atoms with E-state index in [4.69, 9.17) is 15.8 Å². The highest BCUT2D eigenvalue weighted by Crippen LogP contribution is 2.31. The molecule has 10 nitrogen and oxygen atoms in total. The first-order chi connectivity index (χ1) is 14.9. The van der Waals surface area contributed by atoms with Crippen LogP contribution in [0, 0.1) is 6.92 Å². The van der Waals surface area contributed by atoms with Gasteiger partial charge in [0, 0.05) is 24.6 Å². The Kier molecular flexibility index (Phi) is 5.27. The fourth-order valence-electron chi connectivity index (χ4n) is 3.17. The summed E-state index contributed by atoms with van der Waals surface area (Å²) in [5.41, 5.74) is 9.96. The number of anilines is 1. The van der Waals surface area contributed by atoms with E-state index in [0.29, 0.717) is 34.0 Å². The van der Waals surface area contributed by atoms with Crippen molar-refractivity contribution in [3.8, 4) is 22.8 Å². The first kappa shape index (κ1) is 20.0. The second-order valence-corrected chi connectivity index (χ2v) is 6.82. The molecule has 0 radical (unpaired) electrons. The van der Waals surface area contributed by atoms with Crippen LogP contribution in [0.25, 0.3) is 28.4 Å². The molecule has 0 fully saturated rings. The summed E-state index contributed by atoms with van der Waals surface area (Å²) in [6, 6.07) is 10.7. The van der Waals surface area contributed by atoms with Crippen LogP contribution in [0.2, 0.25) is 0 Å². The highest BCUT2D eigenvalue weighted by molar-refractivity contribution is 5.94. The lowest BCUT2D eigenvalue weighted by Crippen LogP contribution is -2.26. The van der Waals surface area contributed by atoms with Gasteiger partial charge in [-0.15, -0.1) is 0 Å². The number of hydrogen-bond donors (Lipinski definition) is 3. The van der Waals surface area contributed by atoms with Crippen LogP contribution in [-0.2, 0) is 4.79 Å². The third-order valence-electron chi connectivity index (χ3n) is 4.55. The van der Waals surface area contributed by atoms with E-state index >= 15 is 0 Å². The number of fused-ring (bicyclic) bond motifs is 1. The van der Waals surface area contributed by atoms with Crippen LogP contribution in [-0.4, -0.2) is 47.9 Å². The fraction of sp³-hybridized carbons (Fsp3) is 0.143. The predicted molar refractivity (Wildman–Crippen MR) is 113 cm³/mol. The molecule has 4 N–H and O–H groups in total. The van der Waals surface area contributed by atoms with E-state index in [1.807, 2.05) is 25.1 Å². The smallest absolute Gasteiger partial charge is 0.305 e. The molecule has 10 heteroatoms. The van der Waals surface area contributed by atoms with Crippen LogP contribution in [0.3, 0.4) is 0 Å². The molecule has 4 rings (SSSR count). The van der Waals surface area contributed by atoms with Crippen LogP contribution in [0.1, 0.15) is 22.5 Å². The minimum absolute atomic E-state index is 0.0316. The van der Waals surface area contributed by atoms with Gasteiger partial charge in [0.05, 0.1) is 23.4 Å². The summed E-state index contributed by atoms with van der Waals surface area (Å²) in [6.07, 6.45) is 3.02. The average Bonchev–Trinajstić information content (AvgIpc) is 3.12. The van der Waals surface area contributed by atoms with Gasteiger partial charge in [-0.05, 0) is 37.3 Å². The van der Waals surface area contributed by atoms with Gasteiger partial charge in [-0.1, -0.05) is 6.07 Å². The summed E-state index contributed by atoms with van der Waals surface area (Å²) in [5.74, 6) is -1.26. The van der Waals surface area contributed by atoms with Gasteiger partial charge in [0.2, 0.25) is 5.95 Å². The number of aryl methyl sites for hydroxylation is 1. The molecule has 4 heterocycles. The minimum Gasteiger partial charge on any atom is -0.481 e. The quantitative estimate of drug-likeness (QED) is 0.431. The van der Waals surface area contributed by atoms with Crippen LogP contribution in [0.5, 0.6) is 0 Å². The number of carbonyl (C=O) groups excluding carboxylic acids is 1. The summed E-state index contributed by atoms with van der Waals surface area (Å²) in [4.78, 5) is 40.7. The van der Waals surface area contributed by atoms with Crippen molar-refractivity contribution in [2.24, 2.45) is 0 Å². The topological polar surface area (TPSA) is 148 Å². The number of carboxylic acid groups (broad SMARTS) is 1. The summed E-state index contributed by atoms with van der Waals surface area (Å²) in [5, 5.41) is 11.4. The molecule has 0 unspecified atom stereocenters. The summed E-state index contributed by atoms with van der Waals surface area (Å²) in [6.45, 7) is 1.92. The molecule has 0 aliphatic carbocycles. The molecular weight excluding hydrogens is 398 g/mol. The highest BCUT2D eigenvalue weighted by atomic mass is 16.4. The number of nitrogens with two attached hydrogens (primary N) is 1. The number of nitrogen functional groups attached to an aromatic ring is 1. The van der Waals surface area contributed by atoms with Gasteiger partial charge >= 0.3 is 5.97 Å². The minimum atomic E-state index is -0.982. The molecule has 0 spiro atoms. The zero-order valence-electron chi connectivity index (χ0n) is 16.6. The Bertz CT molecular complexity index is 1300. The lowest BCUT2D eigenvalue weighted by Gasteiger charge is -2.08. The first-order valence-corrected chi connectivity index (χ1v) is 9.47. The maximum atomic E-state index is 12.5. The van der Waals surface area contributed by atoms with E-state index in [0.717, 1.165) is 5.69 Å². The normalized spacial score (nSPS) is 10.9. The van der Waals surface area contributed by atoms with Crippen molar-refractivity contribution in [1.29, 1.82) is 0 Å². The zero-order valence-corrected chi connectivity index (χ0v) is 16.6. The van der Waals surface area contributed by atoms with Crippen molar-refractivity contribution in [2.75, 3.05) is 12.3 Å². The molecule has 4 aromatic rings. The van der Waals surface area contributed by atoms with Crippen molar-refractivity contribution < 1.29 is 14.7 Å². The van der Waals surface area contributed by atoms with E-state index < -0.39 is 5.97 Å². The summed E-state index contributed by atoms with van der Waals surface area (Å²) in [7, 11) is 0. The Morgan fingerprint density at radius 1 is 1.10 bits per heavy atom. The van der Waals surface area contributed by atoms with Crippen molar-refractivity contribution in [3.63, 3.8) is 0 Å². The molecule has 156 valence electrons. The molecule has 0 atom stereocenters. The number of imidazole rings is 1. The molecule has 0 aliphatic rings. The van der Waals surface area contributed by atoms with Crippen LogP contribution < -0.4 is 11.1 Å². The highest BCUT2D eigenvalue weighted by Gasteiger charge is 2.20. The van der Waals surface area contributed by atoms with Gasteiger partial charge in [0.15, 0.2) is 0 Å². The van der Waals surface area contributed by atoms with Crippen LogP contribution >= 0.6 is 0 Å². The molecule has 4 aromatic heterocycles. The Hall–Kier alpha value is -4.34. The number of hydrogen-bond acceptors (Lipinski definition) is 7. The van der Waals surface area contributed by atoms with Gasteiger partial charge in [-0.25, -0.2) is 15.0 Å². The second kappa shape index (κ2) is 8.19. The Balaban J connectivity index is 1.85. The van der Waals surface area contributed by atoms with Crippen molar-refractivity contribution in [1.82, 2.24) is 29.7 Å². The first-order valence-electron chi connectivity index (χ1n) is 9.47. The molecule has 0 aromatic carbocycles.